The van der Waals surface area contributed by atoms with E-state index in [1.54, 1.807) is 47.5 Å². The molecule has 0 spiro atoms. The van der Waals surface area contributed by atoms with Crippen LogP contribution in [-0.2, 0) is 0 Å². The Morgan fingerprint density at radius 3 is 2.78 bits per heavy atom. The normalized spacial score (nSPS) is 13.4. The summed E-state index contributed by atoms with van der Waals surface area (Å²) in [4.78, 5) is 17.9. The summed E-state index contributed by atoms with van der Waals surface area (Å²) < 4.78 is 5.60. The first-order valence-corrected chi connectivity index (χ1v) is 7.44. The molecule has 1 aromatic heterocycles. The second-order valence-corrected chi connectivity index (χ2v) is 5.25. The second-order valence-electron chi connectivity index (χ2n) is 5.25. The number of anilines is 1. The molecule has 0 aliphatic carbocycles. The lowest BCUT2D eigenvalue weighted by Crippen LogP contribution is -2.32. The molecule has 116 valence electrons. The Balaban J connectivity index is 1.62. The van der Waals surface area contributed by atoms with Crippen molar-refractivity contribution in [1.82, 2.24) is 9.88 Å². The molecule has 3 rings (SSSR count). The standard InChI is InChI=1S/C17H16N4O2/c18-11-13-4-3-5-15(10-13)23-16-7-6-14(12-19-16)20-17(22)21-8-1-2-9-21/h3-7,10,12H,1-2,8-9H2,(H,20,22). The van der Waals surface area contributed by atoms with Crippen molar-refractivity contribution in [2.45, 2.75) is 12.8 Å². The van der Waals surface area contributed by atoms with E-state index in [2.05, 4.69) is 16.4 Å². The third kappa shape index (κ3) is 3.77. The summed E-state index contributed by atoms with van der Waals surface area (Å²) in [5, 5.41) is 11.7. The Labute approximate surface area is 134 Å². The summed E-state index contributed by atoms with van der Waals surface area (Å²) in [6, 6.07) is 12.2. The number of ether oxygens (including phenoxy) is 1. The van der Waals surface area contributed by atoms with Crippen LogP contribution in [0.3, 0.4) is 0 Å². The van der Waals surface area contributed by atoms with Gasteiger partial charge >= 0.3 is 6.03 Å². The van der Waals surface area contributed by atoms with Gasteiger partial charge in [-0.05, 0) is 37.1 Å². The molecule has 1 fully saturated rings. The molecule has 0 bridgehead atoms. The number of rotatable bonds is 3. The van der Waals surface area contributed by atoms with Crippen molar-refractivity contribution >= 4 is 11.7 Å². The molecule has 1 saturated heterocycles. The Morgan fingerprint density at radius 1 is 1.26 bits per heavy atom. The zero-order chi connectivity index (χ0) is 16.1. The average Bonchev–Trinajstić information content (AvgIpc) is 3.11. The van der Waals surface area contributed by atoms with Gasteiger partial charge in [0.05, 0.1) is 23.5 Å². The van der Waals surface area contributed by atoms with E-state index in [-0.39, 0.29) is 6.03 Å². The Kier molecular flexibility index (Phi) is 4.39. The third-order valence-electron chi connectivity index (χ3n) is 3.57. The fraction of sp³-hybridized carbons (Fsp3) is 0.235. The van der Waals surface area contributed by atoms with E-state index in [4.69, 9.17) is 10.00 Å². The molecule has 1 aliphatic heterocycles. The zero-order valence-electron chi connectivity index (χ0n) is 12.5. The van der Waals surface area contributed by atoms with E-state index in [9.17, 15) is 4.79 Å². The smallest absolute Gasteiger partial charge is 0.321 e. The van der Waals surface area contributed by atoms with Gasteiger partial charge < -0.3 is 15.0 Å². The van der Waals surface area contributed by atoms with E-state index in [0.717, 1.165) is 25.9 Å². The number of pyridine rings is 1. The van der Waals surface area contributed by atoms with E-state index in [1.165, 1.54) is 0 Å². The van der Waals surface area contributed by atoms with Gasteiger partial charge in [0.1, 0.15) is 5.75 Å². The average molecular weight is 308 g/mol. The number of amides is 2. The number of nitrogens with zero attached hydrogens (tertiary/aromatic N) is 3. The molecule has 2 heterocycles. The Morgan fingerprint density at radius 2 is 2.09 bits per heavy atom. The monoisotopic (exact) mass is 308 g/mol. The Hall–Kier alpha value is -3.07. The molecule has 6 nitrogen and oxygen atoms in total. The van der Waals surface area contributed by atoms with Crippen molar-refractivity contribution in [2.75, 3.05) is 18.4 Å². The van der Waals surface area contributed by atoms with Crippen LogP contribution in [0.2, 0.25) is 0 Å². The van der Waals surface area contributed by atoms with Crippen molar-refractivity contribution in [3.05, 3.63) is 48.2 Å². The van der Waals surface area contributed by atoms with Crippen LogP contribution in [0.5, 0.6) is 11.6 Å². The van der Waals surface area contributed by atoms with Crippen LogP contribution in [0.25, 0.3) is 0 Å². The summed E-state index contributed by atoms with van der Waals surface area (Å²) in [7, 11) is 0. The van der Waals surface area contributed by atoms with Crippen molar-refractivity contribution < 1.29 is 9.53 Å². The predicted octanol–water partition coefficient (Wildman–Crippen LogP) is 3.37. The number of benzene rings is 1. The van der Waals surface area contributed by atoms with Gasteiger partial charge in [0.15, 0.2) is 0 Å². The van der Waals surface area contributed by atoms with E-state index >= 15 is 0 Å². The van der Waals surface area contributed by atoms with Crippen LogP contribution in [0.4, 0.5) is 10.5 Å². The largest absolute Gasteiger partial charge is 0.439 e. The van der Waals surface area contributed by atoms with Crippen LogP contribution < -0.4 is 10.1 Å². The van der Waals surface area contributed by atoms with Gasteiger partial charge in [0.25, 0.3) is 0 Å². The van der Waals surface area contributed by atoms with E-state index in [0.29, 0.717) is 22.9 Å². The molecule has 0 saturated carbocycles. The fourth-order valence-electron chi connectivity index (χ4n) is 2.39. The number of carbonyl (C=O) groups excluding carboxylic acids is 1. The fourth-order valence-corrected chi connectivity index (χ4v) is 2.39. The molecule has 2 amide bonds. The molecule has 0 radical (unpaired) electrons. The van der Waals surface area contributed by atoms with Gasteiger partial charge in [-0.3, -0.25) is 0 Å². The quantitative estimate of drug-likeness (QED) is 0.943. The molecule has 2 aromatic rings. The molecule has 0 atom stereocenters. The molecule has 23 heavy (non-hydrogen) atoms. The number of hydrogen-bond acceptors (Lipinski definition) is 4. The number of nitrogens with one attached hydrogen (secondary N) is 1. The van der Waals surface area contributed by atoms with Crippen molar-refractivity contribution in [2.24, 2.45) is 0 Å². The number of nitriles is 1. The maximum absolute atomic E-state index is 12.0. The van der Waals surface area contributed by atoms with Gasteiger partial charge in [-0.1, -0.05) is 6.07 Å². The van der Waals surface area contributed by atoms with Crippen molar-refractivity contribution in [3.63, 3.8) is 0 Å². The van der Waals surface area contributed by atoms with E-state index in [1.807, 2.05) is 0 Å². The van der Waals surface area contributed by atoms with Gasteiger partial charge in [0.2, 0.25) is 5.88 Å². The van der Waals surface area contributed by atoms with Crippen LogP contribution >= 0.6 is 0 Å². The van der Waals surface area contributed by atoms with Crippen molar-refractivity contribution in [3.8, 4) is 17.7 Å². The predicted molar refractivity (Wildman–Crippen MR) is 85.3 cm³/mol. The zero-order valence-corrected chi connectivity index (χ0v) is 12.5. The van der Waals surface area contributed by atoms with Crippen LogP contribution in [0, 0.1) is 11.3 Å². The summed E-state index contributed by atoms with van der Waals surface area (Å²) in [6.45, 7) is 1.60. The number of carbonyl (C=O) groups is 1. The highest BCUT2D eigenvalue weighted by atomic mass is 16.5. The highest BCUT2D eigenvalue weighted by Gasteiger charge is 2.17. The lowest BCUT2D eigenvalue weighted by atomic mass is 10.2. The van der Waals surface area contributed by atoms with Gasteiger partial charge in [-0.15, -0.1) is 0 Å². The molecule has 6 heteroatoms. The maximum Gasteiger partial charge on any atom is 0.321 e. The van der Waals surface area contributed by atoms with Crippen LogP contribution in [0.1, 0.15) is 18.4 Å². The highest BCUT2D eigenvalue weighted by Crippen LogP contribution is 2.21. The van der Waals surface area contributed by atoms with Gasteiger partial charge in [-0.25, -0.2) is 9.78 Å². The first-order valence-electron chi connectivity index (χ1n) is 7.44. The number of aromatic nitrogens is 1. The molecule has 1 N–H and O–H groups in total. The maximum atomic E-state index is 12.0. The molecular formula is C17H16N4O2. The number of urea groups is 1. The minimum Gasteiger partial charge on any atom is -0.439 e. The second kappa shape index (κ2) is 6.79. The molecule has 1 aromatic carbocycles. The topological polar surface area (TPSA) is 78.2 Å². The molecule has 0 unspecified atom stereocenters. The summed E-state index contributed by atoms with van der Waals surface area (Å²) >= 11 is 0. The lowest BCUT2D eigenvalue weighted by molar-refractivity contribution is 0.222. The minimum absolute atomic E-state index is 0.0975. The summed E-state index contributed by atoms with van der Waals surface area (Å²) in [5.74, 6) is 0.949. The van der Waals surface area contributed by atoms with Gasteiger partial charge in [-0.2, -0.15) is 5.26 Å². The first kappa shape index (κ1) is 14.9. The number of hydrogen-bond donors (Lipinski definition) is 1. The first-order chi connectivity index (χ1) is 11.2. The number of likely N-dealkylation sites (tertiary alicyclic amines) is 1. The van der Waals surface area contributed by atoms with Crippen LogP contribution in [0.15, 0.2) is 42.6 Å². The summed E-state index contributed by atoms with van der Waals surface area (Å²) in [5.41, 5.74) is 1.15. The third-order valence-corrected chi connectivity index (χ3v) is 3.57. The highest BCUT2D eigenvalue weighted by molar-refractivity contribution is 5.89. The van der Waals surface area contributed by atoms with Gasteiger partial charge in [0, 0.05) is 19.2 Å². The van der Waals surface area contributed by atoms with Crippen LogP contribution in [-0.4, -0.2) is 29.0 Å². The minimum atomic E-state index is -0.0975. The Bertz CT molecular complexity index is 731. The molecular weight excluding hydrogens is 292 g/mol. The summed E-state index contributed by atoms with van der Waals surface area (Å²) in [6.07, 6.45) is 3.66. The lowest BCUT2D eigenvalue weighted by Gasteiger charge is -2.16. The van der Waals surface area contributed by atoms with Crippen molar-refractivity contribution in [1.29, 1.82) is 5.26 Å². The van der Waals surface area contributed by atoms with E-state index < -0.39 is 0 Å². The molecule has 1 aliphatic rings. The SMILES string of the molecule is N#Cc1cccc(Oc2ccc(NC(=O)N3CCCC3)cn2)c1.